The first-order chi connectivity index (χ1) is 10.6. The van der Waals surface area contributed by atoms with Crippen LogP contribution in [0.2, 0.25) is 5.02 Å². The summed E-state index contributed by atoms with van der Waals surface area (Å²) in [7, 11) is -7.22. The van der Waals surface area contributed by atoms with Gasteiger partial charge in [0.2, 0.25) is 10.0 Å². The predicted molar refractivity (Wildman–Crippen MR) is 85.0 cm³/mol. The molecule has 0 bridgehead atoms. The number of nitrogens with one attached hydrogen (secondary N) is 1. The molecule has 2 aromatic rings. The zero-order valence-electron chi connectivity index (χ0n) is 12.0. The van der Waals surface area contributed by atoms with Crippen molar-refractivity contribution in [2.75, 3.05) is 6.26 Å². The van der Waals surface area contributed by atoms with Gasteiger partial charge in [0.25, 0.3) is 0 Å². The highest BCUT2D eigenvalue weighted by Gasteiger charge is 2.18. The van der Waals surface area contributed by atoms with Gasteiger partial charge < -0.3 is 0 Å². The third-order valence-corrected chi connectivity index (χ3v) is 6.01. The molecule has 2 aromatic carbocycles. The van der Waals surface area contributed by atoms with Gasteiger partial charge in [0, 0.05) is 12.8 Å². The summed E-state index contributed by atoms with van der Waals surface area (Å²) in [6.45, 7) is -0.0555. The summed E-state index contributed by atoms with van der Waals surface area (Å²) in [6.07, 6.45) is 1.08. The van der Waals surface area contributed by atoms with Gasteiger partial charge in [-0.2, -0.15) is 0 Å². The Morgan fingerprint density at radius 1 is 1.04 bits per heavy atom. The summed E-state index contributed by atoms with van der Waals surface area (Å²) in [5, 5.41) is -0.218. The van der Waals surface area contributed by atoms with Crippen molar-refractivity contribution < 1.29 is 21.2 Å². The number of hydrogen-bond acceptors (Lipinski definition) is 4. The zero-order valence-corrected chi connectivity index (χ0v) is 14.3. The molecule has 0 aliphatic rings. The largest absolute Gasteiger partial charge is 0.242 e. The number of sulfonamides is 1. The van der Waals surface area contributed by atoms with Crippen LogP contribution in [0.3, 0.4) is 0 Å². The van der Waals surface area contributed by atoms with Crippen LogP contribution in [0.4, 0.5) is 4.39 Å². The Labute approximate surface area is 139 Å². The number of sulfone groups is 1. The third-order valence-electron chi connectivity index (χ3n) is 3.00. The Morgan fingerprint density at radius 2 is 1.65 bits per heavy atom. The fourth-order valence-electron chi connectivity index (χ4n) is 1.80. The summed E-state index contributed by atoms with van der Waals surface area (Å²) in [4.78, 5) is -0.0843. The lowest BCUT2D eigenvalue weighted by Gasteiger charge is -2.09. The van der Waals surface area contributed by atoms with Gasteiger partial charge in [-0.05, 0) is 35.9 Å². The number of benzene rings is 2. The maximum Gasteiger partial charge on any atom is 0.242 e. The second kappa shape index (κ2) is 6.56. The lowest BCUT2D eigenvalue weighted by Crippen LogP contribution is -2.23. The molecule has 0 aromatic heterocycles. The van der Waals surface area contributed by atoms with E-state index in [4.69, 9.17) is 11.6 Å². The van der Waals surface area contributed by atoms with E-state index in [1.54, 1.807) is 0 Å². The summed E-state index contributed by atoms with van der Waals surface area (Å²) in [6, 6.07) is 8.79. The van der Waals surface area contributed by atoms with Gasteiger partial charge in [-0.25, -0.2) is 25.9 Å². The van der Waals surface area contributed by atoms with Crippen LogP contribution >= 0.6 is 11.6 Å². The fraction of sp³-hybridized carbons (Fsp3) is 0.143. The maximum atomic E-state index is 13.0. The molecule has 0 aliphatic heterocycles. The van der Waals surface area contributed by atoms with Crippen molar-refractivity contribution in [2.24, 2.45) is 0 Å². The standard InChI is InChI=1S/C14H13ClFNO4S2/c1-22(18,19)12-5-2-10(3-6-12)9-17-23(20,21)14-7-4-11(16)8-13(14)15/h2-8,17H,9H2,1H3. The Bertz CT molecular complexity index is 926. The van der Waals surface area contributed by atoms with Crippen molar-refractivity contribution in [3.8, 4) is 0 Å². The first-order valence-corrected chi connectivity index (χ1v) is 10.1. The minimum Gasteiger partial charge on any atom is -0.224 e. The molecule has 0 saturated heterocycles. The maximum absolute atomic E-state index is 13.0. The molecule has 5 nitrogen and oxygen atoms in total. The van der Waals surface area contributed by atoms with Gasteiger partial charge in [0.05, 0.1) is 9.92 Å². The molecule has 0 aliphatic carbocycles. The van der Waals surface area contributed by atoms with E-state index in [-0.39, 0.29) is 21.4 Å². The van der Waals surface area contributed by atoms with Crippen LogP contribution in [0.1, 0.15) is 5.56 Å². The molecule has 0 heterocycles. The molecule has 9 heteroatoms. The predicted octanol–water partition coefficient (Wildman–Crippen LogP) is 2.36. The first-order valence-electron chi connectivity index (χ1n) is 6.33. The summed E-state index contributed by atoms with van der Waals surface area (Å²) in [5.74, 6) is -0.634. The molecule has 0 unspecified atom stereocenters. The highest BCUT2D eigenvalue weighted by atomic mass is 35.5. The fourth-order valence-corrected chi connectivity index (χ4v) is 3.98. The zero-order chi connectivity index (χ0) is 17.3. The van der Waals surface area contributed by atoms with Crippen LogP contribution in [0.5, 0.6) is 0 Å². The van der Waals surface area contributed by atoms with E-state index < -0.39 is 25.7 Å². The molecule has 0 fully saturated rings. The molecule has 1 N–H and O–H groups in total. The quantitative estimate of drug-likeness (QED) is 0.867. The molecule has 0 amide bonds. The van der Waals surface area contributed by atoms with E-state index in [2.05, 4.69) is 4.72 Å². The van der Waals surface area contributed by atoms with E-state index >= 15 is 0 Å². The Hall–Kier alpha value is -1.48. The van der Waals surface area contributed by atoms with Crippen LogP contribution in [-0.4, -0.2) is 23.1 Å². The molecular formula is C14H13ClFNO4S2. The van der Waals surface area contributed by atoms with Crippen LogP contribution in [-0.2, 0) is 26.4 Å². The summed E-state index contributed by atoms with van der Waals surface area (Å²) in [5.41, 5.74) is 0.569. The number of halogens is 2. The minimum absolute atomic E-state index is 0.0555. The van der Waals surface area contributed by atoms with Crippen molar-refractivity contribution in [1.82, 2.24) is 4.72 Å². The molecule has 0 spiro atoms. The molecular weight excluding hydrogens is 365 g/mol. The molecule has 23 heavy (non-hydrogen) atoms. The summed E-state index contributed by atoms with van der Waals surface area (Å²) < 4.78 is 62.3. The Balaban J connectivity index is 2.16. The molecule has 124 valence electrons. The van der Waals surface area contributed by atoms with Crippen LogP contribution in [0.15, 0.2) is 52.3 Å². The Morgan fingerprint density at radius 3 is 2.17 bits per heavy atom. The SMILES string of the molecule is CS(=O)(=O)c1ccc(CNS(=O)(=O)c2ccc(F)cc2Cl)cc1. The minimum atomic E-state index is -3.91. The van der Waals surface area contributed by atoms with E-state index in [1.807, 2.05) is 0 Å². The second-order valence-electron chi connectivity index (χ2n) is 4.82. The van der Waals surface area contributed by atoms with Crippen molar-refractivity contribution in [2.45, 2.75) is 16.3 Å². The van der Waals surface area contributed by atoms with Crippen molar-refractivity contribution in [1.29, 1.82) is 0 Å². The van der Waals surface area contributed by atoms with Crippen LogP contribution < -0.4 is 4.72 Å². The van der Waals surface area contributed by atoms with Gasteiger partial charge >= 0.3 is 0 Å². The molecule has 2 rings (SSSR count). The van der Waals surface area contributed by atoms with E-state index in [9.17, 15) is 21.2 Å². The molecule has 0 atom stereocenters. The van der Waals surface area contributed by atoms with E-state index in [0.717, 1.165) is 24.5 Å². The third kappa shape index (κ3) is 4.51. The number of hydrogen-bond donors (Lipinski definition) is 1. The highest BCUT2D eigenvalue weighted by Crippen LogP contribution is 2.22. The average molecular weight is 378 g/mol. The van der Waals surface area contributed by atoms with Crippen molar-refractivity contribution in [3.05, 3.63) is 58.9 Å². The van der Waals surface area contributed by atoms with Crippen molar-refractivity contribution >= 4 is 31.5 Å². The van der Waals surface area contributed by atoms with Gasteiger partial charge in [0.1, 0.15) is 10.7 Å². The Kier molecular flexibility index (Phi) is 5.10. The van der Waals surface area contributed by atoms with Gasteiger partial charge in [0.15, 0.2) is 9.84 Å². The summed E-state index contributed by atoms with van der Waals surface area (Å²) >= 11 is 5.74. The van der Waals surface area contributed by atoms with Crippen LogP contribution in [0, 0.1) is 5.82 Å². The normalized spacial score (nSPS) is 12.3. The number of rotatable bonds is 5. The van der Waals surface area contributed by atoms with Gasteiger partial charge in [-0.15, -0.1) is 0 Å². The highest BCUT2D eigenvalue weighted by molar-refractivity contribution is 7.90. The second-order valence-corrected chi connectivity index (χ2v) is 8.97. The van der Waals surface area contributed by atoms with E-state index in [1.165, 1.54) is 24.3 Å². The lowest BCUT2D eigenvalue weighted by molar-refractivity contribution is 0.580. The molecule has 0 saturated carbocycles. The lowest BCUT2D eigenvalue weighted by atomic mass is 10.2. The van der Waals surface area contributed by atoms with Crippen molar-refractivity contribution in [3.63, 3.8) is 0 Å². The average Bonchev–Trinajstić information content (AvgIpc) is 2.44. The van der Waals surface area contributed by atoms with Crippen LogP contribution in [0.25, 0.3) is 0 Å². The van der Waals surface area contributed by atoms with E-state index in [0.29, 0.717) is 5.56 Å². The van der Waals surface area contributed by atoms with Gasteiger partial charge in [-0.3, -0.25) is 0 Å². The monoisotopic (exact) mass is 377 g/mol. The topological polar surface area (TPSA) is 80.3 Å². The smallest absolute Gasteiger partial charge is 0.224 e. The van der Waals surface area contributed by atoms with Gasteiger partial charge in [-0.1, -0.05) is 23.7 Å². The first kappa shape index (κ1) is 17.9. The molecule has 0 radical (unpaired) electrons.